The number of nitrogens with zero attached hydrogens (tertiary/aromatic N) is 2. The number of aromatic nitrogens is 1. The van der Waals surface area contributed by atoms with E-state index in [-0.39, 0.29) is 30.7 Å². The normalized spacial score (nSPS) is 13.6. The Labute approximate surface area is 163 Å². The van der Waals surface area contributed by atoms with Crippen LogP contribution in [0.1, 0.15) is 21.1 Å². The van der Waals surface area contributed by atoms with Crippen LogP contribution in [0.4, 0.5) is 5.69 Å². The third-order valence-electron chi connectivity index (χ3n) is 3.74. The van der Waals surface area contributed by atoms with Gasteiger partial charge in [0.2, 0.25) is 0 Å². The largest absolute Gasteiger partial charge is 0.378 e. The van der Waals surface area contributed by atoms with Gasteiger partial charge in [-0.15, -0.1) is 36.2 Å². The minimum atomic E-state index is -0.169. The Kier molecular flexibility index (Phi) is 9.16. The Morgan fingerprint density at radius 1 is 1.28 bits per heavy atom. The van der Waals surface area contributed by atoms with Gasteiger partial charge < -0.3 is 20.7 Å². The molecular formula is C16H22Cl2N4O2S. The Hall–Kier alpha value is -1.38. The van der Waals surface area contributed by atoms with Crippen molar-refractivity contribution in [2.45, 2.75) is 13.1 Å². The van der Waals surface area contributed by atoms with Gasteiger partial charge in [-0.3, -0.25) is 4.79 Å². The van der Waals surface area contributed by atoms with E-state index in [1.807, 2.05) is 18.2 Å². The Balaban J connectivity index is 0.00000156. The standard InChI is InChI=1S/C16H20N4O2S.2ClH/c17-9-15-19-13(11-23-15)16(21)18-10-12-3-1-2-4-14(12)20-5-7-22-8-6-20;;/h1-4,11H,5-10,17H2,(H,18,21);2*1H. The average Bonchev–Trinajstić information content (AvgIpc) is 3.10. The van der Waals surface area contributed by atoms with E-state index in [0.717, 1.165) is 42.6 Å². The van der Waals surface area contributed by atoms with Gasteiger partial charge in [-0.25, -0.2) is 4.98 Å². The van der Waals surface area contributed by atoms with Crippen LogP contribution < -0.4 is 16.0 Å². The first-order valence-electron chi connectivity index (χ1n) is 7.61. The molecule has 6 nitrogen and oxygen atoms in total. The zero-order valence-electron chi connectivity index (χ0n) is 13.6. The van der Waals surface area contributed by atoms with Gasteiger partial charge in [0, 0.05) is 37.2 Å². The quantitative estimate of drug-likeness (QED) is 0.798. The van der Waals surface area contributed by atoms with E-state index in [9.17, 15) is 4.79 Å². The molecule has 1 aromatic carbocycles. The lowest BCUT2D eigenvalue weighted by atomic mass is 10.1. The van der Waals surface area contributed by atoms with Crippen LogP contribution in [-0.2, 0) is 17.8 Å². The van der Waals surface area contributed by atoms with E-state index in [1.165, 1.54) is 11.3 Å². The first-order chi connectivity index (χ1) is 11.3. The molecule has 0 saturated carbocycles. The summed E-state index contributed by atoms with van der Waals surface area (Å²) >= 11 is 1.41. The molecule has 0 bridgehead atoms. The number of hydrogen-bond donors (Lipinski definition) is 2. The van der Waals surface area contributed by atoms with Gasteiger partial charge in [-0.2, -0.15) is 0 Å². The maximum atomic E-state index is 12.2. The van der Waals surface area contributed by atoms with Crippen molar-refractivity contribution < 1.29 is 9.53 Å². The molecule has 1 aliphatic rings. The number of hydrogen-bond acceptors (Lipinski definition) is 6. The van der Waals surface area contributed by atoms with E-state index in [0.29, 0.717) is 18.8 Å². The molecule has 0 spiro atoms. The molecule has 2 aromatic rings. The van der Waals surface area contributed by atoms with Crippen molar-refractivity contribution in [3.63, 3.8) is 0 Å². The molecule has 3 N–H and O–H groups in total. The molecule has 1 saturated heterocycles. The van der Waals surface area contributed by atoms with Crippen LogP contribution in [-0.4, -0.2) is 37.2 Å². The van der Waals surface area contributed by atoms with Gasteiger partial charge in [0.1, 0.15) is 10.7 Å². The van der Waals surface area contributed by atoms with Crippen LogP contribution in [0.25, 0.3) is 0 Å². The predicted molar refractivity (Wildman–Crippen MR) is 105 cm³/mol. The molecule has 1 aromatic heterocycles. The number of para-hydroxylation sites is 1. The van der Waals surface area contributed by atoms with Crippen LogP contribution in [0.5, 0.6) is 0 Å². The number of carbonyl (C=O) groups excluding carboxylic acids is 1. The first-order valence-corrected chi connectivity index (χ1v) is 8.49. The molecule has 1 aliphatic heterocycles. The summed E-state index contributed by atoms with van der Waals surface area (Å²) in [7, 11) is 0. The SMILES string of the molecule is Cl.Cl.NCc1nc(C(=O)NCc2ccccc2N2CCOCC2)cs1. The summed E-state index contributed by atoms with van der Waals surface area (Å²) in [6, 6.07) is 8.13. The highest BCUT2D eigenvalue weighted by atomic mass is 35.5. The summed E-state index contributed by atoms with van der Waals surface area (Å²) < 4.78 is 5.40. The van der Waals surface area contributed by atoms with Crippen molar-refractivity contribution in [3.8, 4) is 0 Å². The second-order valence-electron chi connectivity index (χ2n) is 5.24. The molecule has 0 atom stereocenters. The zero-order chi connectivity index (χ0) is 16.1. The fourth-order valence-electron chi connectivity index (χ4n) is 2.55. The van der Waals surface area contributed by atoms with Crippen molar-refractivity contribution in [2.24, 2.45) is 5.73 Å². The van der Waals surface area contributed by atoms with Crippen LogP contribution in [0.15, 0.2) is 29.6 Å². The fourth-order valence-corrected chi connectivity index (χ4v) is 3.20. The molecule has 3 rings (SSSR count). The summed E-state index contributed by atoms with van der Waals surface area (Å²) in [6.07, 6.45) is 0. The van der Waals surface area contributed by atoms with Crippen LogP contribution in [0.2, 0.25) is 0 Å². The minimum absolute atomic E-state index is 0. The van der Waals surface area contributed by atoms with Crippen molar-refractivity contribution in [3.05, 3.63) is 45.9 Å². The summed E-state index contributed by atoms with van der Waals surface area (Å²) in [4.78, 5) is 18.7. The average molecular weight is 405 g/mol. The molecule has 0 aliphatic carbocycles. The number of benzene rings is 1. The number of halogens is 2. The molecule has 1 fully saturated rings. The van der Waals surface area contributed by atoms with Crippen molar-refractivity contribution >= 4 is 47.7 Å². The Morgan fingerprint density at radius 3 is 2.68 bits per heavy atom. The highest BCUT2D eigenvalue weighted by molar-refractivity contribution is 7.09. The van der Waals surface area contributed by atoms with Gasteiger partial charge >= 0.3 is 0 Å². The maximum Gasteiger partial charge on any atom is 0.271 e. The smallest absolute Gasteiger partial charge is 0.271 e. The summed E-state index contributed by atoms with van der Waals surface area (Å²) in [5.41, 5.74) is 8.21. The summed E-state index contributed by atoms with van der Waals surface area (Å²) in [5.74, 6) is -0.169. The van der Waals surface area contributed by atoms with Gasteiger partial charge in [0.05, 0.1) is 13.2 Å². The highest BCUT2D eigenvalue weighted by Gasteiger charge is 2.15. The predicted octanol–water partition coefficient (Wildman–Crippen LogP) is 2.21. The third-order valence-corrected chi connectivity index (χ3v) is 4.61. The van der Waals surface area contributed by atoms with Crippen molar-refractivity contribution in [1.29, 1.82) is 0 Å². The number of nitrogens with two attached hydrogens (primary N) is 1. The van der Waals surface area contributed by atoms with E-state index < -0.39 is 0 Å². The molecule has 9 heteroatoms. The molecule has 138 valence electrons. The van der Waals surface area contributed by atoms with E-state index >= 15 is 0 Å². The third kappa shape index (κ3) is 5.55. The van der Waals surface area contributed by atoms with Gasteiger partial charge in [0.25, 0.3) is 5.91 Å². The molecule has 0 radical (unpaired) electrons. The van der Waals surface area contributed by atoms with Crippen molar-refractivity contribution in [2.75, 3.05) is 31.2 Å². The van der Waals surface area contributed by atoms with Crippen molar-refractivity contribution in [1.82, 2.24) is 10.3 Å². The number of carbonyl (C=O) groups is 1. The summed E-state index contributed by atoms with van der Waals surface area (Å²) in [5, 5.41) is 5.45. The molecule has 2 heterocycles. The van der Waals surface area contributed by atoms with Crippen LogP contribution >= 0.6 is 36.2 Å². The lowest BCUT2D eigenvalue weighted by Gasteiger charge is -2.30. The topological polar surface area (TPSA) is 80.5 Å². The Bertz CT molecular complexity index is 678. The number of ether oxygens (including phenoxy) is 1. The van der Waals surface area contributed by atoms with E-state index in [1.54, 1.807) is 5.38 Å². The van der Waals surface area contributed by atoms with E-state index in [2.05, 4.69) is 21.3 Å². The lowest BCUT2D eigenvalue weighted by molar-refractivity contribution is 0.0946. The number of nitrogens with one attached hydrogen (secondary N) is 1. The van der Waals surface area contributed by atoms with Gasteiger partial charge in [-0.1, -0.05) is 18.2 Å². The lowest BCUT2D eigenvalue weighted by Crippen LogP contribution is -2.37. The second-order valence-corrected chi connectivity index (χ2v) is 6.18. The monoisotopic (exact) mass is 404 g/mol. The van der Waals surface area contributed by atoms with Crippen LogP contribution in [0.3, 0.4) is 0 Å². The molecule has 0 unspecified atom stereocenters. The number of thiazole rings is 1. The van der Waals surface area contributed by atoms with Gasteiger partial charge in [0.15, 0.2) is 0 Å². The highest BCUT2D eigenvalue weighted by Crippen LogP contribution is 2.21. The number of anilines is 1. The maximum absolute atomic E-state index is 12.2. The number of morpholine rings is 1. The first kappa shape index (κ1) is 21.7. The zero-order valence-corrected chi connectivity index (χ0v) is 16.1. The Morgan fingerprint density at radius 2 is 2.00 bits per heavy atom. The fraction of sp³-hybridized carbons (Fsp3) is 0.375. The molecular weight excluding hydrogens is 383 g/mol. The second kappa shape index (κ2) is 10.6. The van der Waals surface area contributed by atoms with E-state index in [4.69, 9.17) is 10.5 Å². The van der Waals surface area contributed by atoms with Gasteiger partial charge in [-0.05, 0) is 11.6 Å². The van der Waals surface area contributed by atoms with Crippen LogP contribution in [0, 0.1) is 0 Å². The number of amides is 1. The number of rotatable bonds is 5. The minimum Gasteiger partial charge on any atom is -0.378 e. The molecule has 25 heavy (non-hydrogen) atoms. The summed E-state index contributed by atoms with van der Waals surface area (Å²) in [6.45, 7) is 4.05. The molecule has 1 amide bonds.